The van der Waals surface area contributed by atoms with Crippen LogP contribution in [0.15, 0.2) is 28.8 Å². The van der Waals surface area contributed by atoms with Gasteiger partial charge in [0.25, 0.3) is 0 Å². The van der Waals surface area contributed by atoms with Gasteiger partial charge in [0.15, 0.2) is 0 Å². The largest absolute Gasteiger partial charge is 0.372 e. The minimum Gasteiger partial charge on any atom is -0.372 e. The normalized spacial score (nSPS) is 21.0. The first kappa shape index (κ1) is 6.27. The summed E-state index contributed by atoms with van der Waals surface area (Å²) in [7, 11) is 1.96. The van der Waals surface area contributed by atoms with Gasteiger partial charge < -0.3 is 15.5 Å². The van der Waals surface area contributed by atoms with E-state index in [0.717, 1.165) is 18.1 Å². The van der Waals surface area contributed by atoms with Crippen molar-refractivity contribution in [3.05, 3.63) is 23.8 Å². The maximum absolute atomic E-state index is 4.20. The van der Waals surface area contributed by atoms with E-state index in [-0.39, 0.29) is 0 Å². The van der Waals surface area contributed by atoms with Gasteiger partial charge >= 0.3 is 0 Å². The lowest BCUT2D eigenvalue weighted by atomic mass is 10.3. The zero-order chi connectivity index (χ0) is 7.68. The van der Waals surface area contributed by atoms with Crippen molar-refractivity contribution in [3.63, 3.8) is 0 Å². The van der Waals surface area contributed by atoms with Crippen molar-refractivity contribution in [2.45, 2.75) is 0 Å². The molecular weight excluding hydrogens is 140 g/mol. The number of hydrogen-bond donors (Lipinski definition) is 2. The summed E-state index contributed by atoms with van der Waals surface area (Å²) >= 11 is 0. The molecule has 0 unspecified atom stereocenters. The van der Waals surface area contributed by atoms with Crippen molar-refractivity contribution in [1.82, 2.24) is 15.5 Å². The smallest absolute Gasteiger partial charge is 0.105 e. The Bertz CT molecular complexity index is 251. The van der Waals surface area contributed by atoms with Crippen molar-refractivity contribution in [1.29, 1.82) is 0 Å². The van der Waals surface area contributed by atoms with Gasteiger partial charge in [-0.25, -0.2) is 4.99 Å². The number of aliphatic imine (C=N–C) groups is 1. The molecule has 4 heteroatoms. The van der Waals surface area contributed by atoms with Crippen molar-refractivity contribution in [2.24, 2.45) is 4.99 Å². The fourth-order valence-electron chi connectivity index (χ4n) is 1.07. The van der Waals surface area contributed by atoms with Crippen LogP contribution in [-0.4, -0.2) is 25.0 Å². The highest BCUT2D eigenvalue weighted by Gasteiger charge is 2.11. The maximum atomic E-state index is 4.20. The molecule has 0 spiro atoms. The molecule has 0 saturated heterocycles. The highest BCUT2D eigenvalue weighted by molar-refractivity contribution is 5.62. The Hall–Kier alpha value is -1.45. The number of nitrogens with zero attached hydrogens (tertiary/aromatic N) is 2. The van der Waals surface area contributed by atoms with Gasteiger partial charge in [-0.05, 0) is 0 Å². The molecule has 2 aliphatic heterocycles. The SMILES string of the molecule is CN1C=NC2=CNCNC2=C1. The highest BCUT2D eigenvalue weighted by atomic mass is 15.2. The van der Waals surface area contributed by atoms with Crippen LogP contribution in [0.25, 0.3) is 0 Å². The Morgan fingerprint density at radius 3 is 3.45 bits per heavy atom. The van der Waals surface area contributed by atoms with E-state index in [9.17, 15) is 0 Å². The summed E-state index contributed by atoms with van der Waals surface area (Å²) in [5, 5.41) is 6.23. The second kappa shape index (κ2) is 2.30. The zero-order valence-electron chi connectivity index (χ0n) is 6.33. The van der Waals surface area contributed by atoms with E-state index in [2.05, 4.69) is 15.6 Å². The molecule has 58 valence electrons. The third-order valence-electron chi connectivity index (χ3n) is 1.61. The van der Waals surface area contributed by atoms with Gasteiger partial charge in [0.2, 0.25) is 0 Å². The molecule has 2 N–H and O–H groups in total. The van der Waals surface area contributed by atoms with Crippen LogP contribution in [0.5, 0.6) is 0 Å². The summed E-state index contributed by atoms with van der Waals surface area (Å²) in [5.74, 6) is 0. The van der Waals surface area contributed by atoms with Gasteiger partial charge in [-0.15, -0.1) is 0 Å². The van der Waals surface area contributed by atoms with E-state index < -0.39 is 0 Å². The van der Waals surface area contributed by atoms with Gasteiger partial charge in [-0.1, -0.05) is 0 Å². The van der Waals surface area contributed by atoms with Crippen molar-refractivity contribution in [2.75, 3.05) is 13.7 Å². The molecule has 0 aliphatic carbocycles. The summed E-state index contributed by atoms with van der Waals surface area (Å²) < 4.78 is 0. The molecule has 11 heavy (non-hydrogen) atoms. The van der Waals surface area contributed by atoms with E-state index in [1.165, 1.54) is 0 Å². The lowest BCUT2D eigenvalue weighted by Crippen LogP contribution is -2.33. The zero-order valence-corrected chi connectivity index (χ0v) is 6.33. The molecule has 0 amide bonds. The monoisotopic (exact) mass is 150 g/mol. The predicted octanol–water partition coefficient (Wildman–Crippen LogP) is -0.207. The Kier molecular flexibility index (Phi) is 1.31. The van der Waals surface area contributed by atoms with Gasteiger partial charge in [0, 0.05) is 19.4 Å². The summed E-state index contributed by atoms with van der Waals surface area (Å²) in [5.41, 5.74) is 2.04. The molecule has 0 radical (unpaired) electrons. The molecule has 0 saturated carbocycles. The van der Waals surface area contributed by atoms with E-state index in [0.29, 0.717) is 0 Å². The van der Waals surface area contributed by atoms with Crippen LogP contribution >= 0.6 is 0 Å². The summed E-state index contributed by atoms with van der Waals surface area (Å²) in [6.07, 6.45) is 5.70. The third kappa shape index (κ3) is 1.07. The highest BCUT2D eigenvalue weighted by Crippen LogP contribution is 2.13. The lowest BCUT2D eigenvalue weighted by molar-refractivity contribution is 0.633. The predicted molar refractivity (Wildman–Crippen MR) is 43.6 cm³/mol. The molecule has 0 fully saturated rings. The molecule has 2 rings (SSSR count). The summed E-state index contributed by atoms with van der Waals surface area (Å²) in [6.45, 7) is 0.776. The molecule has 4 nitrogen and oxygen atoms in total. The Balaban J connectivity index is 2.31. The van der Waals surface area contributed by atoms with Crippen LogP contribution in [0.4, 0.5) is 0 Å². The molecule has 0 aromatic heterocycles. The number of hydrogen-bond acceptors (Lipinski definition) is 4. The number of nitrogens with one attached hydrogen (secondary N) is 2. The molecule has 2 aliphatic rings. The molecule has 0 aromatic carbocycles. The first-order valence-electron chi connectivity index (χ1n) is 3.52. The van der Waals surface area contributed by atoms with Crippen molar-refractivity contribution >= 4 is 6.34 Å². The summed E-state index contributed by atoms with van der Waals surface area (Å²) in [6, 6.07) is 0. The molecule has 2 heterocycles. The molecule has 0 aromatic rings. The Morgan fingerprint density at radius 1 is 1.64 bits per heavy atom. The molecule has 0 bridgehead atoms. The minimum absolute atomic E-state index is 0.776. The second-order valence-electron chi connectivity index (χ2n) is 2.54. The standard InChI is InChI=1S/C7H10N4/c1-11-3-7-6(10-5-11)2-8-4-9-7/h2-3,5,8-9H,4H2,1H3. The Morgan fingerprint density at radius 2 is 2.55 bits per heavy atom. The Labute approximate surface area is 65.3 Å². The van der Waals surface area contributed by atoms with Crippen molar-refractivity contribution in [3.8, 4) is 0 Å². The third-order valence-corrected chi connectivity index (χ3v) is 1.61. The molecular formula is C7H10N4. The maximum Gasteiger partial charge on any atom is 0.105 e. The number of fused-ring (bicyclic) bond motifs is 1. The first-order chi connectivity index (χ1) is 5.36. The van der Waals surface area contributed by atoms with Gasteiger partial charge in [0.05, 0.1) is 18.7 Å². The fourth-order valence-corrected chi connectivity index (χ4v) is 1.07. The second-order valence-corrected chi connectivity index (χ2v) is 2.54. The van der Waals surface area contributed by atoms with Crippen LogP contribution in [0.3, 0.4) is 0 Å². The summed E-state index contributed by atoms with van der Waals surface area (Å²) in [4.78, 5) is 6.12. The van der Waals surface area contributed by atoms with Crippen LogP contribution in [-0.2, 0) is 0 Å². The van der Waals surface area contributed by atoms with Gasteiger partial charge in [-0.3, -0.25) is 0 Å². The van der Waals surface area contributed by atoms with Crippen LogP contribution in [0.1, 0.15) is 0 Å². The average Bonchev–Trinajstić information content (AvgIpc) is 2.04. The van der Waals surface area contributed by atoms with E-state index in [1.807, 2.05) is 24.3 Å². The van der Waals surface area contributed by atoms with Gasteiger partial charge in [-0.2, -0.15) is 0 Å². The lowest BCUT2D eigenvalue weighted by Gasteiger charge is -2.22. The van der Waals surface area contributed by atoms with E-state index in [4.69, 9.17) is 0 Å². The minimum atomic E-state index is 0.776. The van der Waals surface area contributed by atoms with E-state index in [1.54, 1.807) is 6.34 Å². The topological polar surface area (TPSA) is 39.7 Å². The molecule has 0 atom stereocenters. The van der Waals surface area contributed by atoms with Gasteiger partial charge in [0.1, 0.15) is 5.70 Å². The van der Waals surface area contributed by atoms with E-state index >= 15 is 0 Å². The quantitative estimate of drug-likeness (QED) is 0.502. The first-order valence-corrected chi connectivity index (χ1v) is 3.52. The average molecular weight is 150 g/mol. The number of rotatable bonds is 0. The van der Waals surface area contributed by atoms with Crippen LogP contribution < -0.4 is 10.6 Å². The van der Waals surface area contributed by atoms with Crippen molar-refractivity contribution < 1.29 is 0 Å². The van der Waals surface area contributed by atoms with Crippen LogP contribution in [0.2, 0.25) is 0 Å². The fraction of sp³-hybridized carbons (Fsp3) is 0.286. The van der Waals surface area contributed by atoms with Crippen LogP contribution in [0, 0.1) is 0 Å².